The van der Waals surface area contributed by atoms with Crippen LogP contribution in [0.25, 0.3) is 10.9 Å². The summed E-state index contributed by atoms with van der Waals surface area (Å²) in [5.41, 5.74) is 1.66. The fourth-order valence-electron chi connectivity index (χ4n) is 2.75. The highest BCUT2D eigenvalue weighted by atomic mass is 32.2. The highest BCUT2D eigenvalue weighted by Gasteiger charge is 2.24. The number of piperidine rings is 1. The van der Waals surface area contributed by atoms with Gasteiger partial charge in [0.2, 0.25) is 0 Å². The van der Waals surface area contributed by atoms with Crippen LogP contribution in [0.3, 0.4) is 0 Å². The zero-order chi connectivity index (χ0) is 13.9. The SMILES string of the molecule is CSC1CCN(C(=O)c2cccc3ncccc23)CC1. The Hall–Kier alpha value is -1.55. The molecule has 0 radical (unpaired) electrons. The van der Waals surface area contributed by atoms with E-state index in [4.69, 9.17) is 0 Å². The first-order chi connectivity index (χ1) is 9.79. The monoisotopic (exact) mass is 286 g/mol. The number of rotatable bonds is 2. The second-order valence-corrected chi connectivity index (χ2v) is 6.24. The molecule has 0 spiro atoms. The summed E-state index contributed by atoms with van der Waals surface area (Å²) in [6.07, 6.45) is 6.10. The second-order valence-electron chi connectivity index (χ2n) is 5.10. The molecule has 1 aromatic carbocycles. The van der Waals surface area contributed by atoms with Gasteiger partial charge in [0.15, 0.2) is 0 Å². The third kappa shape index (κ3) is 2.52. The molecule has 0 saturated carbocycles. The van der Waals surface area contributed by atoms with Crippen LogP contribution in [-0.2, 0) is 0 Å². The van der Waals surface area contributed by atoms with Crippen molar-refractivity contribution in [3.8, 4) is 0 Å². The van der Waals surface area contributed by atoms with Crippen LogP contribution in [0.15, 0.2) is 36.5 Å². The van der Waals surface area contributed by atoms with Gasteiger partial charge in [-0.15, -0.1) is 0 Å². The van der Waals surface area contributed by atoms with Crippen LogP contribution in [-0.4, -0.2) is 40.4 Å². The van der Waals surface area contributed by atoms with Gasteiger partial charge in [-0.05, 0) is 37.3 Å². The van der Waals surface area contributed by atoms with Crippen LogP contribution in [0.5, 0.6) is 0 Å². The third-order valence-corrected chi connectivity index (χ3v) is 5.08. The van der Waals surface area contributed by atoms with Gasteiger partial charge in [-0.3, -0.25) is 9.78 Å². The van der Waals surface area contributed by atoms with Gasteiger partial charge in [-0.25, -0.2) is 0 Å². The van der Waals surface area contributed by atoms with E-state index in [1.165, 1.54) is 0 Å². The first-order valence-electron chi connectivity index (χ1n) is 6.95. The molecule has 2 aromatic rings. The maximum absolute atomic E-state index is 12.7. The van der Waals surface area contributed by atoms with Crippen molar-refractivity contribution in [1.29, 1.82) is 0 Å². The first-order valence-corrected chi connectivity index (χ1v) is 8.24. The lowest BCUT2D eigenvalue weighted by Crippen LogP contribution is -2.39. The number of hydrogen-bond donors (Lipinski definition) is 0. The van der Waals surface area contributed by atoms with E-state index < -0.39 is 0 Å². The van der Waals surface area contributed by atoms with Gasteiger partial charge in [-0.2, -0.15) is 11.8 Å². The van der Waals surface area contributed by atoms with E-state index in [1.54, 1.807) is 6.20 Å². The zero-order valence-corrected chi connectivity index (χ0v) is 12.4. The minimum absolute atomic E-state index is 0.142. The largest absolute Gasteiger partial charge is 0.339 e. The summed E-state index contributed by atoms with van der Waals surface area (Å²) in [5.74, 6) is 0.142. The van der Waals surface area contributed by atoms with E-state index in [9.17, 15) is 4.79 Å². The van der Waals surface area contributed by atoms with Crippen LogP contribution < -0.4 is 0 Å². The van der Waals surface area contributed by atoms with Crippen molar-refractivity contribution in [2.24, 2.45) is 0 Å². The van der Waals surface area contributed by atoms with Gasteiger partial charge in [0.25, 0.3) is 5.91 Å². The first kappa shape index (κ1) is 13.4. The Morgan fingerprint density at radius 1 is 1.25 bits per heavy atom. The number of hydrogen-bond acceptors (Lipinski definition) is 3. The molecule has 0 aliphatic carbocycles. The van der Waals surface area contributed by atoms with E-state index in [-0.39, 0.29) is 5.91 Å². The number of pyridine rings is 1. The molecule has 104 valence electrons. The number of carbonyl (C=O) groups excluding carboxylic acids is 1. The minimum atomic E-state index is 0.142. The van der Waals surface area contributed by atoms with Crippen molar-refractivity contribution in [1.82, 2.24) is 9.88 Å². The highest BCUT2D eigenvalue weighted by molar-refractivity contribution is 7.99. The van der Waals surface area contributed by atoms with Crippen molar-refractivity contribution < 1.29 is 4.79 Å². The third-order valence-electron chi connectivity index (χ3n) is 3.94. The van der Waals surface area contributed by atoms with Crippen LogP contribution in [0.1, 0.15) is 23.2 Å². The number of carbonyl (C=O) groups is 1. The van der Waals surface area contributed by atoms with E-state index in [2.05, 4.69) is 11.2 Å². The molecule has 1 fully saturated rings. The number of benzene rings is 1. The van der Waals surface area contributed by atoms with Gasteiger partial charge in [-0.1, -0.05) is 12.1 Å². The topological polar surface area (TPSA) is 33.2 Å². The van der Waals surface area contributed by atoms with Crippen LogP contribution in [0.4, 0.5) is 0 Å². The van der Waals surface area contributed by atoms with Crippen LogP contribution in [0, 0.1) is 0 Å². The number of aromatic nitrogens is 1. The van der Waals surface area contributed by atoms with Crippen molar-refractivity contribution in [3.63, 3.8) is 0 Å². The van der Waals surface area contributed by atoms with E-state index >= 15 is 0 Å². The molecule has 0 N–H and O–H groups in total. The fraction of sp³-hybridized carbons (Fsp3) is 0.375. The summed E-state index contributed by atoms with van der Waals surface area (Å²) in [5, 5.41) is 1.65. The molecule has 0 atom stereocenters. The summed E-state index contributed by atoms with van der Waals surface area (Å²) < 4.78 is 0. The van der Waals surface area contributed by atoms with Gasteiger partial charge in [0.1, 0.15) is 0 Å². The molecule has 1 saturated heterocycles. The lowest BCUT2D eigenvalue weighted by atomic mass is 10.0. The van der Waals surface area contributed by atoms with Crippen LogP contribution in [0.2, 0.25) is 0 Å². The molecule has 1 aromatic heterocycles. The molecule has 1 amide bonds. The number of nitrogens with zero attached hydrogens (tertiary/aromatic N) is 2. The highest BCUT2D eigenvalue weighted by Crippen LogP contribution is 2.24. The van der Waals surface area contributed by atoms with Crippen LogP contribution >= 0.6 is 11.8 Å². The average Bonchev–Trinajstić information content (AvgIpc) is 2.54. The lowest BCUT2D eigenvalue weighted by molar-refractivity contribution is 0.0729. The number of thioether (sulfide) groups is 1. The van der Waals surface area contributed by atoms with Crippen molar-refractivity contribution in [2.45, 2.75) is 18.1 Å². The Labute approximate surface area is 123 Å². The maximum Gasteiger partial charge on any atom is 0.254 e. The number of fused-ring (bicyclic) bond motifs is 1. The molecule has 0 unspecified atom stereocenters. The van der Waals surface area contributed by atoms with E-state index in [0.29, 0.717) is 5.25 Å². The van der Waals surface area contributed by atoms with Crippen molar-refractivity contribution in [2.75, 3.05) is 19.3 Å². The summed E-state index contributed by atoms with van der Waals surface area (Å²) in [7, 11) is 0. The molecule has 3 nitrogen and oxygen atoms in total. The van der Waals surface area contributed by atoms with Crippen molar-refractivity contribution >= 4 is 28.6 Å². The molecule has 2 heterocycles. The zero-order valence-electron chi connectivity index (χ0n) is 11.6. The molecule has 0 bridgehead atoms. The Morgan fingerprint density at radius 3 is 2.80 bits per heavy atom. The lowest BCUT2D eigenvalue weighted by Gasteiger charge is -2.31. The predicted molar refractivity (Wildman–Crippen MR) is 84.2 cm³/mol. The molecule has 20 heavy (non-hydrogen) atoms. The summed E-state index contributed by atoms with van der Waals surface area (Å²) in [6, 6.07) is 9.64. The molecular formula is C16H18N2OS. The van der Waals surface area contributed by atoms with E-state index in [0.717, 1.165) is 42.4 Å². The Kier molecular flexibility index (Phi) is 3.92. The standard InChI is InChI=1S/C16H18N2OS/c1-20-12-7-10-18(11-8-12)16(19)14-4-2-6-15-13(14)5-3-9-17-15/h2-6,9,12H,7-8,10-11H2,1H3. The molecule has 3 rings (SSSR count). The Balaban J connectivity index is 1.86. The van der Waals surface area contributed by atoms with Gasteiger partial charge >= 0.3 is 0 Å². The average molecular weight is 286 g/mol. The Morgan fingerprint density at radius 2 is 2.05 bits per heavy atom. The summed E-state index contributed by atoms with van der Waals surface area (Å²) in [4.78, 5) is 19.0. The van der Waals surface area contributed by atoms with Gasteiger partial charge < -0.3 is 4.90 Å². The summed E-state index contributed by atoms with van der Waals surface area (Å²) >= 11 is 1.91. The number of likely N-dealkylation sites (tertiary alicyclic amines) is 1. The normalized spacial score (nSPS) is 16.6. The second kappa shape index (κ2) is 5.83. The maximum atomic E-state index is 12.7. The van der Waals surface area contributed by atoms with Crippen molar-refractivity contribution in [3.05, 3.63) is 42.1 Å². The Bertz CT molecular complexity index is 615. The van der Waals surface area contributed by atoms with E-state index in [1.807, 2.05) is 47.0 Å². The number of amides is 1. The summed E-state index contributed by atoms with van der Waals surface area (Å²) in [6.45, 7) is 1.72. The minimum Gasteiger partial charge on any atom is -0.339 e. The van der Waals surface area contributed by atoms with Gasteiger partial charge in [0, 0.05) is 35.5 Å². The van der Waals surface area contributed by atoms with Gasteiger partial charge in [0.05, 0.1) is 5.52 Å². The smallest absolute Gasteiger partial charge is 0.254 e. The fourth-order valence-corrected chi connectivity index (χ4v) is 3.44. The molecular weight excluding hydrogens is 268 g/mol. The molecule has 1 aliphatic heterocycles. The quantitative estimate of drug-likeness (QED) is 0.850. The molecule has 1 aliphatic rings. The molecule has 4 heteroatoms. The predicted octanol–water partition coefficient (Wildman–Crippen LogP) is 3.20.